The number of benzene rings is 1. The largest absolute Gasteiger partial charge is 0.494 e. The Morgan fingerprint density at radius 2 is 2.00 bits per heavy atom. The van der Waals surface area contributed by atoms with E-state index in [1.807, 2.05) is 6.20 Å². The van der Waals surface area contributed by atoms with Gasteiger partial charge in [0.05, 0.1) is 12.6 Å². The van der Waals surface area contributed by atoms with Crippen LogP contribution in [0.5, 0.6) is 5.75 Å². The lowest BCUT2D eigenvalue weighted by Gasteiger charge is -2.29. The molecule has 0 unspecified atom stereocenters. The zero-order valence-corrected chi connectivity index (χ0v) is 10.9. The van der Waals surface area contributed by atoms with E-state index in [0.717, 1.165) is 37.4 Å². The van der Waals surface area contributed by atoms with Crippen LogP contribution in [0.4, 0.5) is 5.69 Å². The number of anilines is 1. The van der Waals surface area contributed by atoms with Crippen LogP contribution >= 0.6 is 0 Å². The van der Waals surface area contributed by atoms with Crippen LogP contribution in [0.25, 0.3) is 10.9 Å². The maximum atomic E-state index is 5.50. The minimum Gasteiger partial charge on any atom is -0.494 e. The number of ether oxygens (including phenoxy) is 1. The Kier molecular flexibility index (Phi) is 2.88. The Labute approximate surface area is 107 Å². The zero-order chi connectivity index (χ0) is 12.5. The van der Waals surface area contributed by atoms with Gasteiger partial charge in [-0.25, -0.2) is 0 Å². The molecular weight excluding hydrogens is 226 g/mol. The molecule has 0 bridgehead atoms. The second-order valence-corrected chi connectivity index (χ2v) is 4.78. The number of rotatable bonds is 2. The van der Waals surface area contributed by atoms with Gasteiger partial charge < -0.3 is 19.9 Å². The number of aromatic amines is 1. The monoisotopic (exact) mass is 245 g/mol. The molecule has 1 aromatic heterocycles. The SMILES string of the molecule is COc1cc(N2CCNCC2)cc2c(C)c[nH]c12. The first-order valence-corrected chi connectivity index (χ1v) is 6.41. The van der Waals surface area contributed by atoms with Crippen LogP contribution in [0, 0.1) is 6.92 Å². The molecule has 18 heavy (non-hydrogen) atoms. The highest BCUT2D eigenvalue weighted by molar-refractivity contribution is 5.91. The van der Waals surface area contributed by atoms with Crippen LogP contribution in [-0.4, -0.2) is 38.3 Å². The van der Waals surface area contributed by atoms with Crippen LogP contribution < -0.4 is 15.0 Å². The van der Waals surface area contributed by atoms with Crippen molar-refractivity contribution < 1.29 is 4.74 Å². The van der Waals surface area contributed by atoms with Crippen molar-refractivity contribution in [2.45, 2.75) is 6.92 Å². The molecule has 1 fully saturated rings. The molecule has 1 aliphatic rings. The van der Waals surface area contributed by atoms with Gasteiger partial charge in [0.15, 0.2) is 0 Å². The second kappa shape index (κ2) is 4.53. The number of fused-ring (bicyclic) bond motifs is 1. The number of aryl methyl sites for hydroxylation is 1. The highest BCUT2D eigenvalue weighted by Crippen LogP contribution is 2.32. The van der Waals surface area contributed by atoms with E-state index in [1.54, 1.807) is 7.11 Å². The summed E-state index contributed by atoms with van der Waals surface area (Å²) >= 11 is 0. The smallest absolute Gasteiger partial charge is 0.144 e. The van der Waals surface area contributed by atoms with Gasteiger partial charge in [-0.15, -0.1) is 0 Å². The van der Waals surface area contributed by atoms with Crippen molar-refractivity contribution in [2.24, 2.45) is 0 Å². The summed E-state index contributed by atoms with van der Waals surface area (Å²) in [4.78, 5) is 5.69. The van der Waals surface area contributed by atoms with Gasteiger partial charge in [-0.1, -0.05) is 0 Å². The van der Waals surface area contributed by atoms with Crippen LogP contribution in [-0.2, 0) is 0 Å². The second-order valence-electron chi connectivity index (χ2n) is 4.78. The Hall–Kier alpha value is -1.68. The number of piperazine rings is 1. The van der Waals surface area contributed by atoms with Gasteiger partial charge in [0, 0.05) is 49.5 Å². The van der Waals surface area contributed by atoms with Crippen LogP contribution in [0.1, 0.15) is 5.56 Å². The summed E-state index contributed by atoms with van der Waals surface area (Å²) in [6.07, 6.45) is 2.04. The maximum Gasteiger partial charge on any atom is 0.144 e. The lowest BCUT2D eigenvalue weighted by atomic mass is 10.1. The summed E-state index contributed by atoms with van der Waals surface area (Å²) in [5.74, 6) is 0.925. The molecule has 2 heterocycles. The first-order valence-electron chi connectivity index (χ1n) is 6.41. The van der Waals surface area contributed by atoms with E-state index in [1.165, 1.54) is 16.6 Å². The quantitative estimate of drug-likeness (QED) is 0.849. The molecule has 2 aromatic rings. The first kappa shape index (κ1) is 11.4. The molecule has 4 nitrogen and oxygen atoms in total. The summed E-state index contributed by atoms with van der Waals surface area (Å²) in [6, 6.07) is 4.39. The van der Waals surface area contributed by atoms with Crippen LogP contribution in [0.2, 0.25) is 0 Å². The third-order valence-electron chi connectivity index (χ3n) is 3.65. The normalized spacial score (nSPS) is 16.2. The van der Waals surface area contributed by atoms with Crippen LogP contribution in [0.15, 0.2) is 18.3 Å². The standard InChI is InChI=1S/C14H19N3O/c1-10-9-16-14-12(10)7-11(8-13(14)18-2)17-5-3-15-4-6-17/h7-9,15-16H,3-6H2,1-2H3. The van der Waals surface area contributed by atoms with E-state index in [9.17, 15) is 0 Å². The minimum absolute atomic E-state index is 0.925. The molecule has 4 heteroatoms. The summed E-state index contributed by atoms with van der Waals surface area (Å²) in [5, 5.41) is 4.63. The van der Waals surface area contributed by atoms with Crippen molar-refractivity contribution in [3.63, 3.8) is 0 Å². The Morgan fingerprint density at radius 1 is 1.22 bits per heavy atom. The first-order chi connectivity index (χ1) is 8.79. The molecule has 2 N–H and O–H groups in total. The topological polar surface area (TPSA) is 40.3 Å². The summed E-state index contributed by atoms with van der Waals surface area (Å²) in [7, 11) is 1.73. The van der Waals surface area contributed by atoms with Gasteiger partial charge in [0.1, 0.15) is 5.75 Å². The number of nitrogens with one attached hydrogen (secondary N) is 2. The summed E-state index contributed by atoms with van der Waals surface area (Å²) in [5.41, 5.74) is 3.61. The number of hydrogen-bond donors (Lipinski definition) is 2. The van der Waals surface area contributed by atoms with Crippen LogP contribution in [0.3, 0.4) is 0 Å². The third-order valence-corrected chi connectivity index (χ3v) is 3.65. The Bertz CT molecular complexity index is 555. The maximum absolute atomic E-state index is 5.50. The lowest BCUT2D eigenvalue weighted by molar-refractivity contribution is 0.419. The highest BCUT2D eigenvalue weighted by Gasteiger charge is 2.14. The van der Waals surface area contributed by atoms with Gasteiger partial charge in [0.25, 0.3) is 0 Å². The molecule has 0 amide bonds. The molecular formula is C14H19N3O. The predicted molar refractivity (Wildman–Crippen MR) is 74.7 cm³/mol. The van der Waals surface area contributed by atoms with E-state index in [0.29, 0.717) is 0 Å². The molecule has 0 aliphatic carbocycles. The number of H-pyrrole nitrogens is 1. The molecule has 96 valence electrons. The lowest BCUT2D eigenvalue weighted by Crippen LogP contribution is -2.43. The van der Waals surface area contributed by atoms with Gasteiger partial charge in [-0.2, -0.15) is 0 Å². The Balaban J connectivity index is 2.08. The van der Waals surface area contributed by atoms with E-state index in [-0.39, 0.29) is 0 Å². The van der Waals surface area contributed by atoms with Crippen molar-refractivity contribution in [1.29, 1.82) is 0 Å². The average molecular weight is 245 g/mol. The fraction of sp³-hybridized carbons (Fsp3) is 0.429. The number of methoxy groups -OCH3 is 1. The zero-order valence-electron chi connectivity index (χ0n) is 10.9. The highest BCUT2D eigenvalue weighted by atomic mass is 16.5. The molecule has 1 saturated heterocycles. The van der Waals surface area contributed by atoms with Gasteiger partial charge >= 0.3 is 0 Å². The van der Waals surface area contributed by atoms with Crippen molar-refractivity contribution in [3.8, 4) is 5.75 Å². The number of nitrogens with zero attached hydrogens (tertiary/aromatic N) is 1. The fourth-order valence-electron chi connectivity index (χ4n) is 2.59. The van der Waals surface area contributed by atoms with Gasteiger partial charge in [-0.3, -0.25) is 0 Å². The summed E-state index contributed by atoms with van der Waals surface area (Å²) in [6.45, 7) is 6.33. The number of hydrogen-bond acceptors (Lipinski definition) is 3. The van der Waals surface area contributed by atoms with Gasteiger partial charge in [-0.05, 0) is 18.6 Å². The third kappa shape index (κ3) is 1.82. The van der Waals surface area contributed by atoms with E-state index < -0.39 is 0 Å². The molecule has 3 rings (SSSR count). The molecule has 0 spiro atoms. The Morgan fingerprint density at radius 3 is 2.72 bits per heavy atom. The van der Waals surface area contributed by atoms with Crippen molar-refractivity contribution >= 4 is 16.6 Å². The minimum atomic E-state index is 0.925. The molecule has 0 radical (unpaired) electrons. The molecule has 0 saturated carbocycles. The van der Waals surface area contributed by atoms with E-state index >= 15 is 0 Å². The van der Waals surface area contributed by atoms with Crippen molar-refractivity contribution in [3.05, 3.63) is 23.9 Å². The van der Waals surface area contributed by atoms with Gasteiger partial charge in [0.2, 0.25) is 0 Å². The summed E-state index contributed by atoms with van der Waals surface area (Å²) < 4.78 is 5.50. The number of aromatic nitrogens is 1. The molecule has 1 aromatic carbocycles. The average Bonchev–Trinajstić information content (AvgIpc) is 2.81. The predicted octanol–water partition coefficient (Wildman–Crippen LogP) is 1.89. The van der Waals surface area contributed by atoms with E-state index in [2.05, 4.69) is 34.3 Å². The fourth-order valence-corrected chi connectivity index (χ4v) is 2.59. The molecule has 1 aliphatic heterocycles. The molecule has 0 atom stereocenters. The van der Waals surface area contributed by atoms with E-state index in [4.69, 9.17) is 4.74 Å². The van der Waals surface area contributed by atoms with Crippen molar-refractivity contribution in [2.75, 3.05) is 38.2 Å². The van der Waals surface area contributed by atoms with Crippen molar-refractivity contribution in [1.82, 2.24) is 10.3 Å².